The summed E-state index contributed by atoms with van der Waals surface area (Å²) in [7, 11) is 0. The van der Waals surface area contributed by atoms with Crippen LogP contribution in [0.3, 0.4) is 0 Å². The summed E-state index contributed by atoms with van der Waals surface area (Å²) in [6.45, 7) is 1.07. The molecule has 1 aromatic carbocycles. The van der Waals surface area contributed by atoms with Crippen molar-refractivity contribution in [1.82, 2.24) is 5.32 Å². The van der Waals surface area contributed by atoms with Gasteiger partial charge in [0.1, 0.15) is 5.82 Å². The van der Waals surface area contributed by atoms with Crippen LogP contribution in [0.1, 0.15) is 42.0 Å². The largest absolute Gasteiger partial charge is 0.310 e. The molecule has 2 heteroatoms. The van der Waals surface area contributed by atoms with Crippen molar-refractivity contribution in [3.63, 3.8) is 0 Å². The maximum Gasteiger partial charge on any atom is 0.127 e. The molecule has 1 aromatic rings. The molecule has 1 heterocycles. The van der Waals surface area contributed by atoms with Crippen LogP contribution in [-0.4, -0.2) is 6.54 Å². The topological polar surface area (TPSA) is 12.0 Å². The van der Waals surface area contributed by atoms with Crippen LogP contribution in [0.4, 0.5) is 4.39 Å². The van der Waals surface area contributed by atoms with Gasteiger partial charge in [-0.2, -0.15) is 0 Å². The highest BCUT2D eigenvalue weighted by atomic mass is 19.1. The number of hydrogen-bond donors (Lipinski definition) is 1. The molecule has 2 aliphatic rings. The second-order valence-electron chi connectivity index (χ2n) is 4.64. The minimum atomic E-state index is 0.0219. The molecule has 0 unspecified atom stereocenters. The van der Waals surface area contributed by atoms with Gasteiger partial charge >= 0.3 is 0 Å². The Labute approximate surface area is 89.7 Å². The Balaban J connectivity index is 1.99. The van der Waals surface area contributed by atoms with E-state index in [-0.39, 0.29) is 5.82 Å². The van der Waals surface area contributed by atoms with Gasteiger partial charge in [-0.25, -0.2) is 4.39 Å². The normalized spacial score (nSPS) is 24.5. The van der Waals surface area contributed by atoms with Crippen LogP contribution < -0.4 is 5.32 Å². The Kier molecular flexibility index (Phi) is 2.24. The Morgan fingerprint density at radius 3 is 2.93 bits per heavy atom. The summed E-state index contributed by atoms with van der Waals surface area (Å²) >= 11 is 0. The molecule has 0 radical (unpaired) electrons. The predicted octanol–water partition coefficient (Wildman–Crippen LogP) is 2.74. The van der Waals surface area contributed by atoms with Crippen LogP contribution >= 0.6 is 0 Å². The first-order valence-corrected chi connectivity index (χ1v) is 5.89. The second kappa shape index (κ2) is 3.60. The number of benzene rings is 1. The third-order valence-electron chi connectivity index (χ3n) is 3.65. The highest BCUT2D eigenvalue weighted by molar-refractivity contribution is 5.38. The van der Waals surface area contributed by atoms with Gasteiger partial charge in [-0.05, 0) is 61.4 Å². The molecular formula is C13H16FN. The zero-order chi connectivity index (χ0) is 10.3. The predicted molar refractivity (Wildman–Crippen MR) is 58.4 cm³/mol. The summed E-state index contributed by atoms with van der Waals surface area (Å²) in [6, 6.07) is 4.35. The molecule has 3 rings (SSSR count). The van der Waals surface area contributed by atoms with Crippen molar-refractivity contribution in [2.75, 3.05) is 6.54 Å². The average Bonchev–Trinajstić information content (AvgIpc) is 2.88. The Bertz CT molecular complexity index is 380. The minimum absolute atomic E-state index is 0.0219. The van der Waals surface area contributed by atoms with Crippen LogP contribution in [0.5, 0.6) is 0 Å². The highest BCUT2D eigenvalue weighted by Gasteiger charge is 2.21. The van der Waals surface area contributed by atoms with Crippen LogP contribution in [0, 0.1) is 5.82 Å². The third-order valence-corrected chi connectivity index (χ3v) is 3.65. The van der Waals surface area contributed by atoms with E-state index in [4.69, 9.17) is 0 Å². The lowest BCUT2D eigenvalue weighted by atomic mass is 9.99. The molecule has 1 nitrogen and oxygen atoms in total. The zero-order valence-electron chi connectivity index (χ0n) is 8.85. The molecule has 0 bridgehead atoms. The molecule has 1 fully saturated rings. The first kappa shape index (κ1) is 9.34. The number of hydrogen-bond acceptors (Lipinski definition) is 1. The van der Waals surface area contributed by atoms with E-state index in [1.807, 2.05) is 0 Å². The summed E-state index contributed by atoms with van der Waals surface area (Å²) < 4.78 is 13.8. The molecule has 0 saturated carbocycles. The fourth-order valence-electron chi connectivity index (χ4n) is 2.85. The van der Waals surface area contributed by atoms with Crippen molar-refractivity contribution in [3.8, 4) is 0 Å². The van der Waals surface area contributed by atoms with Crippen molar-refractivity contribution in [3.05, 3.63) is 34.6 Å². The highest BCUT2D eigenvalue weighted by Crippen LogP contribution is 2.30. The van der Waals surface area contributed by atoms with Gasteiger partial charge in [0.15, 0.2) is 0 Å². The van der Waals surface area contributed by atoms with E-state index >= 15 is 0 Å². The molecule has 15 heavy (non-hydrogen) atoms. The van der Waals surface area contributed by atoms with Crippen LogP contribution in [-0.2, 0) is 12.8 Å². The van der Waals surface area contributed by atoms with Crippen LogP contribution in [0.25, 0.3) is 0 Å². The van der Waals surface area contributed by atoms with E-state index in [1.165, 1.54) is 12.0 Å². The Hall–Kier alpha value is -0.890. The molecule has 1 saturated heterocycles. The minimum Gasteiger partial charge on any atom is -0.310 e. The monoisotopic (exact) mass is 205 g/mol. The first-order valence-electron chi connectivity index (χ1n) is 5.89. The third kappa shape index (κ3) is 1.57. The van der Waals surface area contributed by atoms with Gasteiger partial charge in [0.2, 0.25) is 0 Å². The van der Waals surface area contributed by atoms with E-state index in [2.05, 4.69) is 11.4 Å². The van der Waals surface area contributed by atoms with Crippen LogP contribution in [0.15, 0.2) is 12.1 Å². The van der Waals surface area contributed by atoms with Crippen molar-refractivity contribution in [1.29, 1.82) is 0 Å². The van der Waals surface area contributed by atoms with Crippen molar-refractivity contribution < 1.29 is 4.39 Å². The molecule has 1 aliphatic heterocycles. The van der Waals surface area contributed by atoms with Crippen molar-refractivity contribution >= 4 is 0 Å². The summed E-state index contributed by atoms with van der Waals surface area (Å²) in [5.41, 5.74) is 3.38. The molecule has 0 aromatic heterocycles. The number of aryl methyl sites for hydroxylation is 1. The van der Waals surface area contributed by atoms with E-state index in [0.717, 1.165) is 43.4 Å². The summed E-state index contributed by atoms with van der Waals surface area (Å²) in [4.78, 5) is 0. The molecule has 1 N–H and O–H groups in total. The Morgan fingerprint density at radius 1 is 1.20 bits per heavy atom. The van der Waals surface area contributed by atoms with Crippen LogP contribution in [0.2, 0.25) is 0 Å². The number of halogens is 1. The van der Waals surface area contributed by atoms with E-state index in [9.17, 15) is 4.39 Å². The lowest BCUT2D eigenvalue weighted by Crippen LogP contribution is -2.13. The lowest BCUT2D eigenvalue weighted by Gasteiger charge is -2.13. The number of nitrogens with one attached hydrogen (secondary N) is 1. The maximum absolute atomic E-state index is 13.8. The molecule has 1 atom stereocenters. The fraction of sp³-hybridized carbons (Fsp3) is 0.538. The maximum atomic E-state index is 13.8. The van der Waals surface area contributed by atoms with Gasteiger partial charge in [-0.3, -0.25) is 0 Å². The summed E-state index contributed by atoms with van der Waals surface area (Å²) in [5, 5.41) is 3.42. The van der Waals surface area contributed by atoms with E-state index in [1.54, 1.807) is 6.07 Å². The zero-order valence-corrected chi connectivity index (χ0v) is 8.85. The van der Waals surface area contributed by atoms with Gasteiger partial charge in [0.25, 0.3) is 0 Å². The van der Waals surface area contributed by atoms with Gasteiger partial charge in [-0.15, -0.1) is 0 Å². The number of rotatable bonds is 1. The first-order chi connectivity index (χ1) is 7.34. The van der Waals surface area contributed by atoms with Gasteiger partial charge in [0.05, 0.1) is 0 Å². The van der Waals surface area contributed by atoms with Crippen molar-refractivity contribution in [2.24, 2.45) is 0 Å². The average molecular weight is 205 g/mol. The molecular weight excluding hydrogens is 189 g/mol. The van der Waals surface area contributed by atoms with Gasteiger partial charge < -0.3 is 5.32 Å². The van der Waals surface area contributed by atoms with Crippen molar-refractivity contribution in [2.45, 2.75) is 38.1 Å². The van der Waals surface area contributed by atoms with Gasteiger partial charge in [0, 0.05) is 6.04 Å². The van der Waals surface area contributed by atoms with E-state index < -0.39 is 0 Å². The fourth-order valence-corrected chi connectivity index (χ4v) is 2.85. The smallest absolute Gasteiger partial charge is 0.127 e. The summed E-state index contributed by atoms with van der Waals surface area (Å²) in [6.07, 6.45) is 5.47. The molecule has 80 valence electrons. The Morgan fingerprint density at radius 2 is 2.13 bits per heavy atom. The number of fused-ring (bicyclic) bond motifs is 1. The molecule has 1 aliphatic carbocycles. The lowest BCUT2D eigenvalue weighted by molar-refractivity contribution is 0.595. The summed E-state index contributed by atoms with van der Waals surface area (Å²) in [5.74, 6) is 0.0219. The SMILES string of the molecule is Fc1cc([C@H]2CCCN2)cc2c1CCC2. The molecule has 0 amide bonds. The van der Waals surface area contributed by atoms with Gasteiger partial charge in [-0.1, -0.05) is 6.07 Å². The second-order valence-corrected chi connectivity index (χ2v) is 4.64. The standard InChI is InChI=1S/C13H16FN/c14-12-8-10(13-5-2-6-15-13)7-9-3-1-4-11(9)12/h7-8,13,15H,1-6H2/t13-/m1/s1. The van der Waals surface area contributed by atoms with E-state index in [0.29, 0.717) is 6.04 Å². The quantitative estimate of drug-likeness (QED) is 0.743. The molecule has 0 spiro atoms.